The largest absolute Gasteiger partial charge is 0.322 e. The lowest BCUT2D eigenvalue weighted by Gasteiger charge is -2.29. The quantitative estimate of drug-likeness (QED) is 0.644. The third-order valence-corrected chi connectivity index (χ3v) is 6.98. The second-order valence-electron chi connectivity index (χ2n) is 9.03. The molecule has 0 aromatic heterocycles. The van der Waals surface area contributed by atoms with Crippen LogP contribution in [0.15, 0.2) is 18.2 Å². The van der Waals surface area contributed by atoms with E-state index in [1.54, 1.807) is 4.90 Å². The van der Waals surface area contributed by atoms with Crippen LogP contribution in [0.3, 0.4) is 0 Å². The van der Waals surface area contributed by atoms with Gasteiger partial charge in [0.05, 0.1) is 0 Å². The van der Waals surface area contributed by atoms with E-state index in [4.69, 9.17) is 0 Å². The molecule has 3 amide bonds. The van der Waals surface area contributed by atoms with Crippen LogP contribution in [0, 0.1) is 11.8 Å². The van der Waals surface area contributed by atoms with Crippen molar-refractivity contribution in [1.82, 2.24) is 20.9 Å². The smallest absolute Gasteiger partial charge is 0.255 e. The van der Waals surface area contributed by atoms with Crippen LogP contribution in [0.1, 0.15) is 53.6 Å². The number of nitrogens with zero attached hydrogens (tertiary/aromatic N) is 1. The van der Waals surface area contributed by atoms with Crippen molar-refractivity contribution in [3.05, 3.63) is 34.9 Å². The normalized spacial score (nSPS) is 31.2. The summed E-state index contributed by atoms with van der Waals surface area (Å²) in [5.74, 6) is 0.812. The maximum atomic E-state index is 13.1. The van der Waals surface area contributed by atoms with E-state index in [1.165, 1.54) is 19.3 Å². The van der Waals surface area contributed by atoms with Crippen molar-refractivity contribution in [2.45, 2.75) is 57.3 Å². The minimum absolute atomic E-state index is 0.0909. The first-order valence-corrected chi connectivity index (χ1v) is 10.8. The van der Waals surface area contributed by atoms with Gasteiger partial charge in [-0.05, 0) is 61.7 Å². The monoisotopic (exact) mass is 396 g/mol. The second-order valence-corrected chi connectivity index (χ2v) is 9.03. The predicted molar refractivity (Wildman–Crippen MR) is 107 cm³/mol. The number of carbonyl (C=O) groups is 3. The SMILES string of the molecule is O=C1CCC(N2Cc3cccc(CNCC4CC5CNC(C4)C5)c3C2=O)C(=O)N1. The minimum atomic E-state index is -0.557. The Balaban J connectivity index is 1.24. The Bertz CT molecular complexity index is 842. The highest BCUT2D eigenvalue weighted by Crippen LogP contribution is 2.33. The second kappa shape index (κ2) is 7.54. The third-order valence-electron chi connectivity index (χ3n) is 6.98. The number of hydrogen-bond donors (Lipinski definition) is 3. The number of rotatable bonds is 5. The summed E-state index contributed by atoms with van der Waals surface area (Å²) in [5, 5.41) is 9.55. The summed E-state index contributed by atoms with van der Waals surface area (Å²) in [5.41, 5.74) is 2.70. The molecule has 3 fully saturated rings. The molecule has 7 nitrogen and oxygen atoms in total. The Morgan fingerprint density at radius 1 is 1.14 bits per heavy atom. The van der Waals surface area contributed by atoms with E-state index in [9.17, 15) is 14.4 Å². The van der Waals surface area contributed by atoms with Gasteiger partial charge in [0.15, 0.2) is 0 Å². The van der Waals surface area contributed by atoms with Gasteiger partial charge >= 0.3 is 0 Å². The van der Waals surface area contributed by atoms with Crippen LogP contribution in [0.5, 0.6) is 0 Å². The summed E-state index contributed by atoms with van der Waals surface area (Å²) in [6.07, 6.45) is 4.52. The van der Waals surface area contributed by atoms with Gasteiger partial charge in [0.1, 0.15) is 6.04 Å². The van der Waals surface area contributed by atoms with Gasteiger partial charge in [-0.15, -0.1) is 0 Å². The standard InChI is InChI=1S/C22H28N4O3/c27-19-5-4-18(21(28)25-19)26-12-16-3-1-2-15(20(16)22(26)29)11-23-9-13-6-14-8-17(7-13)24-10-14/h1-3,13-14,17-18,23-24H,4-12H2,(H,25,27,28). The van der Waals surface area contributed by atoms with Gasteiger partial charge in [-0.2, -0.15) is 0 Å². The van der Waals surface area contributed by atoms with Crippen LogP contribution in [0.25, 0.3) is 0 Å². The highest BCUT2D eigenvalue weighted by Gasteiger charge is 2.40. The van der Waals surface area contributed by atoms with Gasteiger partial charge in [-0.25, -0.2) is 0 Å². The first kappa shape index (κ1) is 18.8. The van der Waals surface area contributed by atoms with Gasteiger partial charge < -0.3 is 15.5 Å². The van der Waals surface area contributed by atoms with E-state index >= 15 is 0 Å². The Morgan fingerprint density at radius 2 is 2.03 bits per heavy atom. The summed E-state index contributed by atoms with van der Waals surface area (Å²) >= 11 is 0. The maximum absolute atomic E-state index is 13.1. The number of nitrogens with one attached hydrogen (secondary N) is 3. The van der Waals surface area contributed by atoms with Gasteiger partial charge in [0, 0.05) is 31.1 Å². The zero-order valence-electron chi connectivity index (χ0n) is 16.6. The van der Waals surface area contributed by atoms with Crippen LogP contribution in [-0.2, 0) is 22.7 Å². The van der Waals surface area contributed by atoms with Crippen molar-refractivity contribution < 1.29 is 14.4 Å². The van der Waals surface area contributed by atoms with Crippen molar-refractivity contribution in [3.8, 4) is 0 Å². The Hall–Kier alpha value is -2.25. The van der Waals surface area contributed by atoms with Crippen molar-refractivity contribution >= 4 is 17.7 Å². The molecule has 4 atom stereocenters. The van der Waals surface area contributed by atoms with Crippen molar-refractivity contribution in [2.24, 2.45) is 11.8 Å². The number of benzene rings is 1. The first-order chi connectivity index (χ1) is 14.1. The molecule has 1 aliphatic carbocycles. The molecule has 3 heterocycles. The van der Waals surface area contributed by atoms with E-state index in [0.29, 0.717) is 31.5 Å². The molecule has 7 heteroatoms. The fourth-order valence-corrected chi connectivity index (χ4v) is 5.65. The van der Waals surface area contributed by atoms with Crippen LogP contribution in [0.4, 0.5) is 0 Å². The molecule has 1 aromatic carbocycles. The fourth-order valence-electron chi connectivity index (χ4n) is 5.65. The molecular formula is C22H28N4O3. The molecule has 3 aliphatic heterocycles. The van der Waals surface area contributed by atoms with E-state index < -0.39 is 6.04 Å². The zero-order valence-corrected chi connectivity index (χ0v) is 16.6. The molecule has 0 spiro atoms. The molecule has 2 saturated heterocycles. The van der Waals surface area contributed by atoms with Crippen molar-refractivity contribution in [2.75, 3.05) is 13.1 Å². The van der Waals surface area contributed by atoms with Gasteiger partial charge in [0.25, 0.3) is 5.91 Å². The average Bonchev–Trinajstić information content (AvgIpc) is 3.21. The maximum Gasteiger partial charge on any atom is 0.255 e. The fraction of sp³-hybridized carbons (Fsp3) is 0.591. The molecule has 3 N–H and O–H groups in total. The molecule has 4 unspecified atom stereocenters. The summed E-state index contributed by atoms with van der Waals surface area (Å²) in [4.78, 5) is 38.4. The summed E-state index contributed by atoms with van der Waals surface area (Å²) in [6.45, 7) is 3.24. The van der Waals surface area contributed by atoms with E-state index in [-0.39, 0.29) is 24.1 Å². The summed E-state index contributed by atoms with van der Waals surface area (Å²) < 4.78 is 0. The van der Waals surface area contributed by atoms with E-state index in [1.807, 2.05) is 18.2 Å². The van der Waals surface area contributed by atoms with E-state index in [2.05, 4.69) is 16.0 Å². The topological polar surface area (TPSA) is 90.5 Å². The number of carbonyl (C=O) groups excluding carboxylic acids is 3. The van der Waals surface area contributed by atoms with Crippen LogP contribution in [0.2, 0.25) is 0 Å². The van der Waals surface area contributed by atoms with Gasteiger partial charge in [-0.1, -0.05) is 18.2 Å². The Labute approximate surface area is 170 Å². The molecule has 5 rings (SSSR count). The number of imide groups is 1. The van der Waals surface area contributed by atoms with Crippen molar-refractivity contribution in [1.29, 1.82) is 0 Å². The van der Waals surface area contributed by atoms with Gasteiger partial charge in [0.2, 0.25) is 11.8 Å². The molecule has 1 aromatic rings. The number of fused-ring (bicyclic) bond motifs is 3. The summed E-state index contributed by atoms with van der Waals surface area (Å²) in [6, 6.07) is 6.09. The number of amides is 3. The molecule has 29 heavy (non-hydrogen) atoms. The third kappa shape index (κ3) is 3.57. The highest BCUT2D eigenvalue weighted by molar-refractivity contribution is 6.05. The zero-order chi connectivity index (χ0) is 20.0. The van der Waals surface area contributed by atoms with E-state index in [0.717, 1.165) is 35.7 Å². The lowest BCUT2D eigenvalue weighted by atomic mass is 9.82. The van der Waals surface area contributed by atoms with Crippen LogP contribution < -0.4 is 16.0 Å². The van der Waals surface area contributed by atoms with Gasteiger partial charge in [-0.3, -0.25) is 19.7 Å². The van der Waals surface area contributed by atoms with Crippen LogP contribution in [-0.4, -0.2) is 47.8 Å². The molecular weight excluding hydrogens is 368 g/mol. The average molecular weight is 396 g/mol. The molecule has 2 bridgehead atoms. The van der Waals surface area contributed by atoms with Crippen molar-refractivity contribution in [3.63, 3.8) is 0 Å². The predicted octanol–water partition coefficient (Wildman–Crippen LogP) is 0.925. The molecule has 0 radical (unpaired) electrons. The number of piperidine rings is 1. The number of hydrogen-bond acceptors (Lipinski definition) is 5. The Morgan fingerprint density at radius 3 is 2.86 bits per heavy atom. The Kier molecular flexibility index (Phi) is 4.87. The highest BCUT2D eigenvalue weighted by atomic mass is 16.2. The lowest BCUT2D eigenvalue weighted by molar-refractivity contribution is -0.136. The molecule has 4 aliphatic rings. The lowest BCUT2D eigenvalue weighted by Crippen LogP contribution is -2.52. The minimum Gasteiger partial charge on any atom is -0.322 e. The molecule has 1 saturated carbocycles. The summed E-state index contributed by atoms with van der Waals surface area (Å²) in [7, 11) is 0. The first-order valence-electron chi connectivity index (χ1n) is 10.8. The van der Waals surface area contributed by atoms with Crippen LogP contribution >= 0.6 is 0 Å². The molecule has 154 valence electrons.